The summed E-state index contributed by atoms with van der Waals surface area (Å²) in [5.74, 6) is 1.78. The monoisotopic (exact) mass is 497 g/mol. The van der Waals surface area contributed by atoms with Gasteiger partial charge in [-0.15, -0.1) is 0 Å². The molecule has 0 aliphatic carbocycles. The Balaban J connectivity index is 1.39. The van der Waals surface area contributed by atoms with E-state index in [2.05, 4.69) is 20.6 Å². The Kier molecular flexibility index (Phi) is 8.62. The van der Waals surface area contributed by atoms with E-state index >= 15 is 0 Å². The molecule has 0 unspecified atom stereocenters. The molecule has 1 saturated heterocycles. The smallest absolute Gasteiger partial charge is 0.302 e. The Bertz CT molecular complexity index is 1070. The molecule has 2 amide bonds. The van der Waals surface area contributed by atoms with Crippen molar-refractivity contribution < 1.29 is 19.1 Å². The highest BCUT2D eigenvalue weighted by molar-refractivity contribution is 8.14. The third kappa shape index (κ3) is 6.74. The molecule has 2 aliphatic heterocycles. The first-order chi connectivity index (χ1) is 17.1. The zero-order valence-corrected chi connectivity index (χ0v) is 20.9. The molecule has 1 fully saturated rings. The van der Waals surface area contributed by atoms with Crippen LogP contribution in [0.1, 0.15) is 18.1 Å². The molecule has 2 heterocycles. The van der Waals surface area contributed by atoms with Crippen molar-refractivity contribution >= 4 is 34.3 Å². The quantitative estimate of drug-likeness (QED) is 0.550. The number of thioether (sulfide) groups is 1. The Morgan fingerprint density at radius 1 is 1.14 bits per heavy atom. The lowest BCUT2D eigenvalue weighted by Crippen LogP contribution is -2.46. The van der Waals surface area contributed by atoms with Crippen molar-refractivity contribution in [3.8, 4) is 11.5 Å². The van der Waals surface area contributed by atoms with Gasteiger partial charge in [0.15, 0.2) is 11.5 Å². The summed E-state index contributed by atoms with van der Waals surface area (Å²) < 4.78 is 11.0. The van der Waals surface area contributed by atoms with E-state index in [1.807, 2.05) is 49.4 Å². The minimum Gasteiger partial charge on any atom is -0.493 e. The molecule has 0 saturated carbocycles. The van der Waals surface area contributed by atoms with Gasteiger partial charge in [-0.3, -0.25) is 14.5 Å². The lowest BCUT2D eigenvalue weighted by atomic mass is 10.1. The molecule has 2 aromatic rings. The summed E-state index contributed by atoms with van der Waals surface area (Å²) in [5, 5.41) is 12.2. The highest BCUT2D eigenvalue weighted by Crippen LogP contribution is 2.30. The molecule has 2 aliphatic rings. The summed E-state index contributed by atoms with van der Waals surface area (Å²) in [6.45, 7) is 6.75. The first-order valence-electron chi connectivity index (χ1n) is 11.7. The van der Waals surface area contributed by atoms with Crippen molar-refractivity contribution in [3.05, 3.63) is 53.6 Å². The van der Waals surface area contributed by atoms with Gasteiger partial charge in [-0.05, 0) is 42.8 Å². The van der Waals surface area contributed by atoms with E-state index in [0.717, 1.165) is 48.7 Å². The average Bonchev–Trinajstić information content (AvgIpc) is 2.87. The Hall–Kier alpha value is -3.08. The minimum absolute atomic E-state index is 0.0255. The molecule has 0 aromatic heterocycles. The molecule has 0 radical (unpaired) electrons. The maximum Gasteiger partial charge on any atom is 0.302 e. The molecule has 2 N–H and O–H groups in total. The molecule has 9 nitrogen and oxygen atoms in total. The fraction of sp³-hybridized carbons (Fsp3) is 0.400. The number of hydrogen-bond acceptors (Lipinski definition) is 8. The van der Waals surface area contributed by atoms with Gasteiger partial charge in [0.05, 0.1) is 32.5 Å². The maximum absolute atomic E-state index is 12.5. The van der Waals surface area contributed by atoms with E-state index in [1.165, 1.54) is 16.8 Å². The number of amides is 2. The van der Waals surface area contributed by atoms with Crippen LogP contribution in [0.2, 0.25) is 0 Å². The van der Waals surface area contributed by atoms with Gasteiger partial charge in [-0.25, -0.2) is 5.01 Å². The SMILES string of the molecule is CCOc1cc(C2=NN(Cc3ccc(NC(=O)CN4CCNCC4)cc3)C(=O)SC2)ccc1OC. The molecular formula is C25H31N5O4S. The molecule has 4 rings (SSSR count). The predicted molar refractivity (Wildman–Crippen MR) is 138 cm³/mol. The number of ether oxygens (including phenoxy) is 2. The predicted octanol–water partition coefficient (Wildman–Crippen LogP) is 3.01. The summed E-state index contributed by atoms with van der Waals surface area (Å²) >= 11 is 1.22. The van der Waals surface area contributed by atoms with E-state index in [0.29, 0.717) is 36.9 Å². The third-order valence-electron chi connectivity index (χ3n) is 5.73. The first-order valence-corrected chi connectivity index (χ1v) is 12.7. The van der Waals surface area contributed by atoms with Gasteiger partial charge < -0.3 is 20.1 Å². The van der Waals surface area contributed by atoms with Crippen molar-refractivity contribution in [2.75, 3.05) is 57.5 Å². The molecule has 0 atom stereocenters. The number of anilines is 1. The summed E-state index contributed by atoms with van der Waals surface area (Å²) in [5.41, 5.74) is 3.35. The second-order valence-corrected chi connectivity index (χ2v) is 9.16. The van der Waals surface area contributed by atoms with Gasteiger partial charge in [-0.1, -0.05) is 23.9 Å². The molecule has 0 bridgehead atoms. The second kappa shape index (κ2) is 12.1. The summed E-state index contributed by atoms with van der Waals surface area (Å²) in [6.07, 6.45) is 0. The van der Waals surface area contributed by atoms with E-state index in [4.69, 9.17) is 9.47 Å². The number of piperazine rings is 1. The number of benzene rings is 2. The summed E-state index contributed by atoms with van der Waals surface area (Å²) in [6, 6.07) is 13.2. The summed E-state index contributed by atoms with van der Waals surface area (Å²) in [4.78, 5) is 27.0. The van der Waals surface area contributed by atoms with Gasteiger partial charge in [0.1, 0.15) is 0 Å². The van der Waals surface area contributed by atoms with Crippen LogP contribution in [0.3, 0.4) is 0 Å². The lowest BCUT2D eigenvalue weighted by Gasteiger charge is -2.26. The van der Waals surface area contributed by atoms with Crippen LogP contribution in [0.5, 0.6) is 11.5 Å². The number of methoxy groups -OCH3 is 1. The van der Waals surface area contributed by atoms with Crippen molar-refractivity contribution in [1.29, 1.82) is 0 Å². The Morgan fingerprint density at radius 2 is 1.91 bits per heavy atom. The first kappa shape index (κ1) is 25.0. The number of hydrogen-bond donors (Lipinski definition) is 2. The van der Waals surface area contributed by atoms with Crippen LogP contribution in [-0.2, 0) is 11.3 Å². The van der Waals surface area contributed by atoms with Gasteiger partial charge >= 0.3 is 5.24 Å². The van der Waals surface area contributed by atoms with E-state index < -0.39 is 0 Å². The number of carbonyl (C=O) groups is 2. The number of nitrogens with zero attached hydrogens (tertiary/aromatic N) is 3. The maximum atomic E-state index is 12.5. The van der Waals surface area contributed by atoms with Crippen molar-refractivity contribution in [2.24, 2.45) is 5.10 Å². The van der Waals surface area contributed by atoms with Gasteiger partial charge in [0, 0.05) is 43.2 Å². The third-order valence-corrected chi connectivity index (χ3v) is 6.60. The lowest BCUT2D eigenvalue weighted by molar-refractivity contribution is -0.117. The van der Waals surface area contributed by atoms with Crippen molar-refractivity contribution in [2.45, 2.75) is 13.5 Å². The Morgan fingerprint density at radius 3 is 2.63 bits per heavy atom. The van der Waals surface area contributed by atoms with E-state index in [1.54, 1.807) is 7.11 Å². The highest BCUT2D eigenvalue weighted by atomic mass is 32.2. The van der Waals surface area contributed by atoms with Crippen LogP contribution >= 0.6 is 11.8 Å². The van der Waals surface area contributed by atoms with Gasteiger partial charge in [0.25, 0.3) is 0 Å². The van der Waals surface area contributed by atoms with Crippen LogP contribution in [0, 0.1) is 0 Å². The average molecular weight is 498 g/mol. The number of rotatable bonds is 9. The Labute approximate surface area is 209 Å². The van der Waals surface area contributed by atoms with Crippen molar-refractivity contribution in [3.63, 3.8) is 0 Å². The second-order valence-electron chi connectivity index (χ2n) is 8.23. The van der Waals surface area contributed by atoms with Crippen LogP contribution in [0.25, 0.3) is 0 Å². The molecule has 10 heteroatoms. The zero-order chi connectivity index (χ0) is 24.6. The summed E-state index contributed by atoms with van der Waals surface area (Å²) in [7, 11) is 1.61. The van der Waals surface area contributed by atoms with Crippen LogP contribution in [0.15, 0.2) is 47.6 Å². The van der Waals surface area contributed by atoms with Gasteiger partial charge in [0.2, 0.25) is 5.91 Å². The van der Waals surface area contributed by atoms with Crippen LogP contribution < -0.4 is 20.1 Å². The normalized spacial score (nSPS) is 16.6. The molecule has 2 aromatic carbocycles. The van der Waals surface area contributed by atoms with Crippen molar-refractivity contribution in [1.82, 2.24) is 15.2 Å². The number of nitrogens with one attached hydrogen (secondary N) is 2. The molecule has 35 heavy (non-hydrogen) atoms. The minimum atomic E-state index is -0.0966. The molecule has 186 valence electrons. The van der Waals surface area contributed by atoms with E-state index in [9.17, 15) is 9.59 Å². The molecular weight excluding hydrogens is 466 g/mol. The van der Waals surface area contributed by atoms with Crippen LogP contribution in [0.4, 0.5) is 10.5 Å². The van der Waals surface area contributed by atoms with E-state index in [-0.39, 0.29) is 11.1 Å². The molecule has 0 spiro atoms. The number of hydrazone groups is 1. The largest absolute Gasteiger partial charge is 0.493 e. The standard InChI is InChI=1S/C25H31N5O4S/c1-3-34-23-14-19(6-9-22(23)33-2)21-17-35-25(32)30(28-21)15-18-4-7-20(8-5-18)27-24(31)16-29-12-10-26-11-13-29/h4-9,14,26H,3,10-13,15-17H2,1-2H3,(H,27,31). The zero-order valence-electron chi connectivity index (χ0n) is 20.1. The topological polar surface area (TPSA) is 95.5 Å². The number of carbonyl (C=O) groups excluding carboxylic acids is 2. The highest BCUT2D eigenvalue weighted by Gasteiger charge is 2.23. The fourth-order valence-electron chi connectivity index (χ4n) is 3.92. The van der Waals surface area contributed by atoms with Gasteiger partial charge in [-0.2, -0.15) is 5.10 Å². The fourth-order valence-corrected chi connectivity index (χ4v) is 4.66. The van der Waals surface area contributed by atoms with Crippen LogP contribution in [-0.4, -0.2) is 79.0 Å².